The summed E-state index contributed by atoms with van der Waals surface area (Å²) < 4.78 is 6.97. The quantitative estimate of drug-likeness (QED) is 0.435. The number of carboxylic acids is 1. The molecule has 1 aromatic heterocycles. The van der Waals surface area contributed by atoms with Crippen molar-refractivity contribution in [3.05, 3.63) is 56.8 Å². The largest absolute Gasteiger partial charge is 0.507 e. The molecule has 0 aliphatic carbocycles. The number of fused-ring (bicyclic) bond motifs is 1. The average molecular weight is 415 g/mol. The molecule has 9 heteroatoms. The molecule has 0 fully saturated rings. The number of hydrogen-bond donors (Lipinski definition) is 3. The van der Waals surface area contributed by atoms with E-state index in [4.69, 9.17) is 20.4 Å². The first-order valence-electron chi connectivity index (χ1n) is 9.11. The predicted octanol–water partition coefficient (Wildman–Crippen LogP) is 3.73. The van der Waals surface area contributed by atoms with Crippen LogP contribution in [0.2, 0.25) is 0 Å². The van der Waals surface area contributed by atoms with Gasteiger partial charge in [0.2, 0.25) is 0 Å². The number of ether oxygens (including phenoxy) is 1. The van der Waals surface area contributed by atoms with Gasteiger partial charge < -0.3 is 25.3 Å². The minimum atomic E-state index is -0.833. The van der Waals surface area contributed by atoms with Gasteiger partial charge in [0.25, 0.3) is 11.7 Å². The van der Waals surface area contributed by atoms with Crippen LogP contribution < -0.4 is 10.5 Å². The number of hydrogen-bond acceptors (Lipinski definition) is 6. The molecular weight excluding hydrogens is 390 g/mol. The predicted molar refractivity (Wildman–Crippen MR) is 114 cm³/mol. The van der Waals surface area contributed by atoms with E-state index in [0.717, 1.165) is 12.6 Å². The summed E-state index contributed by atoms with van der Waals surface area (Å²) in [5, 5.41) is 30.3. The maximum absolute atomic E-state index is 11.8. The molecular formula is C21H25N3O6. The van der Waals surface area contributed by atoms with Crippen molar-refractivity contribution in [1.29, 1.82) is 0 Å². The summed E-state index contributed by atoms with van der Waals surface area (Å²) in [4.78, 5) is 20.4. The number of nitro groups is 1. The number of aromatic hydroxyl groups is 1. The topological polar surface area (TPSA) is 141 Å². The fourth-order valence-corrected chi connectivity index (χ4v) is 3.49. The third kappa shape index (κ3) is 3.92. The van der Waals surface area contributed by atoms with Crippen molar-refractivity contribution in [2.24, 2.45) is 5.73 Å². The molecule has 0 saturated carbocycles. The van der Waals surface area contributed by atoms with E-state index in [1.807, 2.05) is 12.1 Å². The van der Waals surface area contributed by atoms with Crippen LogP contribution in [0.25, 0.3) is 16.6 Å². The van der Waals surface area contributed by atoms with E-state index in [2.05, 4.69) is 0 Å². The molecule has 3 aromatic rings. The first kappa shape index (κ1) is 22.7. The molecule has 0 aliphatic rings. The Balaban J connectivity index is 0.000000735. The number of carbonyl (C=O) groups is 1. The van der Waals surface area contributed by atoms with E-state index >= 15 is 0 Å². The number of rotatable bonds is 4. The smallest absolute Gasteiger partial charge is 0.300 e. The molecule has 4 N–H and O–H groups in total. The van der Waals surface area contributed by atoms with Crippen molar-refractivity contribution in [2.75, 3.05) is 7.11 Å². The summed E-state index contributed by atoms with van der Waals surface area (Å²) in [5.41, 5.74) is 9.50. The van der Waals surface area contributed by atoms with Crippen LogP contribution in [0, 0.1) is 30.9 Å². The number of benzene rings is 2. The second-order valence-electron chi connectivity index (χ2n) is 6.75. The van der Waals surface area contributed by atoms with E-state index in [0.29, 0.717) is 39.0 Å². The number of phenolic OH excluding ortho intramolecular Hbond substituents is 1. The minimum absolute atomic E-state index is 0.0334. The van der Waals surface area contributed by atoms with Gasteiger partial charge in [-0.25, -0.2) is 0 Å². The molecule has 1 heterocycles. The highest BCUT2D eigenvalue weighted by Gasteiger charge is 2.30. The highest BCUT2D eigenvalue weighted by atomic mass is 16.6. The fourth-order valence-electron chi connectivity index (χ4n) is 3.49. The summed E-state index contributed by atoms with van der Waals surface area (Å²) in [5.74, 6) is -0.0639. The van der Waals surface area contributed by atoms with Crippen LogP contribution >= 0.6 is 0 Å². The van der Waals surface area contributed by atoms with Gasteiger partial charge in [0.1, 0.15) is 11.5 Å². The number of nitrogens with two attached hydrogens (primary N) is 1. The lowest BCUT2D eigenvalue weighted by Crippen LogP contribution is -2.05. The van der Waals surface area contributed by atoms with Crippen molar-refractivity contribution in [3.8, 4) is 17.2 Å². The zero-order valence-electron chi connectivity index (χ0n) is 17.5. The molecule has 3 rings (SSSR count). The normalized spacial score (nSPS) is 10.5. The molecule has 0 bridgehead atoms. The molecule has 0 saturated heterocycles. The van der Waals surface area contributed by atoms with Gasteiger partial charge in [0.05, 0.1) is 28.6 Å². The van der Waals surface area contributed by atoms with Crippen molar-refractivity contribution >= 4 is 22.6 Å². The fraction of sp³-hybridized carbons (Fsp3) is 0.286. The Morgan fingerprint density at radius 3 is 2.17 bits per heavy atom. The highest BCUT2D eigenvalue weighted by molar-refractivity contribution is 6.00. The molecule has 2 aromatic carbocycles. The van der Waals surface area contributed by atoms with Crippen LogP contribution in [0.4, 0.5) is 5.69 Å². The van der Waals surface area contributed by atoms with Gasteiger partial charge in [-0.2, -0.15) is 0 Å². The number of methoxy groups -OCH3 is 1. The SMILES string of the molecule is CC(=O)O.COc1ccc(-n2c(C)c([N+](=O)[O-])c3c(C)c(C)c(O)c(CN)c32)cc1. The van der Waals surface area contributed by atoms with E-state index < -0.39 is 5.97 Å². The maximum atomic E-state index is 11.8. The number of phenols is 1. The van der Waals surface area contributed by atoms with Crippen LogP contribution in [0.3, 0.4) is 0 Å². The standard InChI is InChI=1S/C19H21N3O4.C2H4O2/c1-10-11(2)19(23)15(9-20)18-16(10)17(22(24)25)12(3)21(18)13-5-7-14(26-4)8-6-13;1-2(3)4/h5-8,23H,9,20H2,1-4H3;1H3,(H,3,4). The second kappa shape index (κ2) is 8.83. The lowest BCUT2D eigenvalue weighted by Gasteiger charge is -2.15. The van der Waals surface area contributed by atoms with Crippen molar-refractivity contribution in [3.63, 3.8) is 0 Å². The third-order valence-electron chi connectivity index (χ3n) is 4.96. The maximum Gasteiger partial charge on any atom is 0.300 e. The number of aromatic nitrogens is 1. The van der Waals surface area contributed by atoms with Crippen molar-refractivity contribution in [2.45, 2.75) is 34.2 Å². The Kier molecular flexibility index (Phi) is 6.68. The Labute approximate surface area is 173 Å². The zero-order valence-corrected chi connectivity index (χ0v) is 17.5. The van der Waals surface area contributed by atoms with Crippen LogP contribution in [-0.4, -0.2) is 32.8 Å². The van der Waals surface area contributed by atoms with Gasteiger partial charge in [-0.3, -0.25) is 14.9 Å². The van der Waals surface area contributed by atoms with Gasteiger partial charge in [0, 0.05) is 24.7 Å². The minimum Gasteiger partial charge on any atom is -0.507 e. The van der Waals surface area contributed by atoms with Crippen LogP contribution in [0.15, 0.2) is 24.3 Å². The van der Waals surface area contributed by atoms with E-state index in [9.17, 15) is 15.2 Å². The molecule has 0 aliphatic heterocycles. The first-order valence-corrected chi connectivity index (χ1v) is 9.11. The molecule has 0 amide bonds. The van der Waals surface area contributed by atoms with E-state index in [1.165, 1.54) is 0 Å². The van der Waals surface area contributed by atoms with E-state index in [1.54, 1.807) is 44.6 Å². The van der Waals surface area contributed by atoms with Gasteiger partial charge in [-0.1, -0.05) is 0 Å². The summed E-state index contributed by atoms with van der Waals surface area (Å²) in [6.45, 7) is 6.38. The van der Waals surface area contributed by atoms with Crippen molar-refractivity contribution in [1.82, 2.24) is 4.57 Å². The Hall–Kier alpha value is -3.59. The monoisotopic (exact) mass is 415 g/mol. The molecule has 30 heavy (non-hydrogen) atoms. The van der Waals surface area contributed by atoms with Crippen LogP contribution in [-0.2, 0) is 11.3 Å². The van der Waals surface area contributed by atoms with Crippen LogP contribution in [0.5, 0.6) is 11.5 Å². The molecule has 9 nitrogen and oxygen atoms in total. The lowest BCUT2D eigenvalue weighted by molar-refractivity contribution is -0.383. The number of aryl methyl sites for hydroxylation is 1. The Morgan fingerprint density at radius 1 is 1.20 bits per heavy atom. The summed E-state index contributed by atoms with van der Waals surface area (Å²) >= 11 is 0. The molecule has 0 unspecified atom stereocenters. The average Bonchev–Trinajstić information content (AvgIpc) is 2.99. The second-order valence-corrected chi connectivity index (χ2v) is 6.75. The molecule has 0 spiro atoms. The number of aliphatic carboxylic acids is 1. The van der Waals surface area contributed by atoms with Gasteiger partial charge >= 0.3 is 0 Å². The highest BCUT2D eigenvalue weighted by Crippen LogP contribution is 2.43. The molecule has 0 radical (unpaired) electrons. The molecule has 160 valence electrons. The first-order chi connectivity index (χ1) is 14.1. The van der Waals surface area contributed by atoms with Gasteiger partial charge in [0.15, 0.2) is 0 Å². The Morgan fingerprint density at radius 2 is 1.73 bits per heavy atom. The Bertz CT molecular complexity index is 1110. The third-order valence-corrected chi connectivity index (χ3v) is 4.96. The summed E-state index contributed by atoms with van der Waals surface area (Å²) in [6, 6.07) is 7.22. The zero-order chi connectivity index (χ0) is 22.7. The van der Waals surface area contributed by atoms with E-state index in [-0.39, 0.29) is 22.9 Å². The summed E-state index contributed by atoms with van der Waals surface area (Å²) in [6.07, 6.45) is 0. The van der Waals surface area contributed by atoms with Crippen molar-refractivity contribution < 1.29 is 24.7 Å². The number of nitrogens with zero attached hydrogens (tertiary/aromatic N) is 2. The van der Waals surface area contributed by atoms with Gasteiger partial charge in [-0.05, 0) is 56.2 Å². The molecule has 0 atom stereocenters. The summed E-state index contributed by atoms with van der Waals surface area (Å²) in [7, 11) is 1.58. The van der Waals surface area contributed by atoms with Gasteiger partial charge in [-0.15, -0.1) is 0 Å². The lowest BCUT2D eigenvalue weighted by atomic mass is 9.98. The van der Waals surface area contributed by atoms with Crippen LogP contribution in [0.1, 0.15) is 29.3 Å². The number of carboxylic acid groups (broad SMARTS) is 1.